The number of anilines is 1. The Morgan fingerprint density at radius 3 is 1.88 bits per heavy atom. The maximum absolute atomic E-state index is 12.9. The number of allylic oxidation sites excluding steroid dienone is 1. The lowest BCUT2D eigenvalue weighted by Gasteiger charge is -2.09. The molecule has 24 heavy (non-hydrogen) atoms. The van der Waals surface area contributed by atoms with Crippen molar-refractivity contribution in [1.82, 2.24) is 0 Å². The van der Waals surface area contributed by atoms with Gasteiger partial charge in [-0.05, 0) is 52.4 Å². The number of hydrogen-bond acceptors (Lipinski definition) is 2. The second-order valence-corrected chi connectivity index (χ2v) is 6.52. The minimum Gasteiger partial charge on any atom is -0.361 e. The number of carbonyl (C=O) groups is 1. The van der Waals surface area contributed by atoms with Crippen molar-refractivity contribution in [2.24, 2.45) is 0 Å². The molecule has 3 rings (SSSR count). The molecule has 0 saturated carbocycles. The Balaban J connectivity index is 1.94. The highest BCUT2D eigenvalue weighted by Crippen LogP contribution is 2.21. The van der Waals surface area contributed by atoms with Crippen LogP contribution in [0.2, 0.25) is 0 Å². The summed E-state index contributed by atoms with van der Waals surface area (Å²) in [4.78, 5) is 12.9. The summed E-state index contributed by atoms with van der Waals surface area (Å²) in [6.07, 6.45) is 1.78. The number of Topliss-reactive ketones (excluding diaryl/α,β-unsaturated/α-hetero) is 1. The lowest BCUT2D eigenvalue weighted by Crippen LogP contribution is -2.05. The van der Waals surface area contributed by atoms with E-state index in [1.54, 1.807) is 6.20 Å². The Labute approximate surface area is 155 Å². The maximum atomic E-state index is 12.9. The molecule has 0 aromatic heterocycles. The molecule has 0 fully saturated rings. The van der Waals surface area contributed by atoms with Crippen molar-refractivity contribution in [3.05, 3.63) is 106 Å². The number of hydrogen-bond donors (Lipinski definition) is 1. The Kier molecular flexibility index (Phi) is 5.43. The van der Waals surface area contributed by atoms with Gasteiger partial charge in [0.25, 0.3) is 0 Å². The molecule has 1 N–H and O–H groups in total. The maximum Gasteiger partial charge on any atom is 0.195 e. The van der Waals surface area contributed by atoms with Crippen LogP contribution in [0, 0.1) is 3.57 Å². The summed E-state index contributed by atoms with van der Waals surface area (Å²) in [5.41, 5.74) is 3.16. The smallest absolute Gasteiger partial charge is 0.195 e. The third-order valence-electron chi connectivity index (χ3n) is 3.59. The Morgan fingerprint density at radius 1 is 0.750 bits per heavy atom. The van der Waals surface area contributed by atoms with Gasteiger partial charge in [-0.3, -0.25) is 4.79 Å². The summed E-state index contributed by atoms with van der Waals surface area (Å²) >= 11 is 2.27. The number of rotatable bonds is 5. The van der Waals surface area contributed by atoms with E-state index in [2.05, 4.69) is 27.9 Å². The van der Waals surface area contributed by atoms with Crippen LogP contribution in [-0.4, -0.2) is 5.78 Å². The molecule has 0 atom stereocenters. The van der Waals surface area contributed by atoms with E-state index in [4.69, 9.17) is 0 Å². The van der Waals surface area contributed by atoms with Crippen LogP contribution in [0.25, 0.3) is 5.57 Å². The van der Waals surface area contributed by atoms with Gasteiger partial charge < -0.3 is 5.32 Å². The average molecular weight is 425 g/mol. The van der Waals surface area contributed by atoms with Crippen molar-refractivity contribution in [3.63, 3.8) is 0 Å². The van der Waals surface area contributed by atoms with E-state index in [0.717, 1.165) is 11.3 Å². The molecule has 0 aliphatic carbocycles. The molecular weight excluding hydrogens is 409 g/mol. The fraction of sp³-hybridized carbons (Fsp3) is 0. The largest absolute Gasteiger partial charge is 0.361 e. The van der Waals surface area contributed by atoms with Gasteiger partial charge in [0.2, 0.25) is 0 Å². The zero-order valence-corrected chi connectivity index (χ0v) is 15.1. The highest BCUT2D eigenvalue weighted by molar-refractivity contribution is 14.1. The van der Waals surface area contributed by atoms with E-state index in [0.29, 0.717) is 11.1 Å². The summed E-state index contributed by atoms with van der Waals surface area (Å²) in [5, 5.41) is 3.23. The molecule has 0 heterocycles. The van der Waals surface area contributed by atoms with Gasteiger partial charge in [-0.25, -0.2) is 0 Å². The Bertz CT molecular complexity index is 840. The molecule has 0 aliphatic rings. The molecule has 3 heteroatoms. The SMILES string of the molecule is O=C(/C(=C\Nc1ccc(I)cc1)c1ccccc1)c1ccccc1. The van der Waals surface area contributed by atoms with Crippen LogP contribution in [0.3, 0.4) is 0 Å². The Morgan fingerprint density at radius 2 is 1.29 bits per heavy atom. The molecule has 0 unspecified atom stereocenters. The van der Waals surface area contributed by atoms with Crippen molar-refractivity contribution in [2.75, 3.05) is 5.32 Å². The zero-order valence-electron chi connectivity index (χ0n) is 12.9. The monoisotopic (exact) mass is 425 g/mol. The van der Waals surface area contributed by atoms with E-state index >= 15 is 0 Å². The van der Waals surface area contributed by atoms with Crippen molar-refractivity contribution >= 4 is 39.6 Å². The van der Waals surface area contributed by atoms with Crippen molar-refractivity contribution in [3.8, 4) is 0 Å². The summed E-state index contributed by atoms with van der Waals surface area (Å²) < 4.78 is 1.17. The van der Waals surface area contributed by atoms with Crippen LogP contribution >= 0.6 is 22.6 Å². The fourth-order valence-electron chi connectivity index (χ4n) is 2.34. The molecule has 0 aliphatic heterocycles. The molecule has 3 aromatic carbocycles. The number of ketones is 1. The van der Waals surface area contributed by atoms with Gasteiger partial charge in [-0.1, -0.05) is 60.7 Å². The van der Waals surface area contributed by atoms with Crippen LogP contribution in [0.4, 0.5) is 5.69 Å². The molecule has 0 saturated heterocycles. The lowest BCUT2D eigenvalue weighted by molar-refractivity contribution is 0.105. The second kappa shape index (κ2) is 7.93. The third kappa shape index (κ3) is 4.11. The van der Waals surface area contributed by atoms with E-state index in [1.165, 1.54) is 3.57 Å². The molecule has 0 radical (unpaired) electrons. The molecule has 118 valence electrons. The van der Waals surface area contributed by atoms with Gasteiger partial charge in [0, 0.05) is 26.6 Å². The van der Waals surface area contributed by atoms with Crippen LogP contribution in [0.15, 0.2) is 91.1 Å². The van der Waals surface area contributed by atoms with Crippen LogP contribution in [-0.2, 0) is 0 Å². The van der Waals surface area contributed by atoms with Gasteiger partial charge >= 0.3 is 0 Å². The van der Waals surface area contributed by atoms with E-state index in [9.17, 15) is 4.79 Å². The van der Waals surface area contributed by atoms with Crippen molar-refractivity contribution < 1.29 is 4.79 Å². The van der Waals surface area contributed by atoms with E-state index in [1.807, 2.05) is 84.9 Å². The van der Waals surface area contributed by atoms with Crippen LogP contribution < -0.4 is 5.32 Å². The third-order valence-corrected chi connectivity index (χ3v) is 4.31. The highest BCUT2D eigenvalue weighted by atomic mass is 127. The first-order chi connectivity index (χ1) is 11.7. The highest BCUT2D eigenvalue weighted by Gasteiger charge is 2.13. The minimum atomic E-state index is -0.000174. The summed E-state index contributed by atoms with van der Waals surface area (Å²) in [5.74, 6) is -0.000174. The summed E-state index contributed by atoms with van der Waals surface area (Å²) in [7, 11) is 0. The van der Waals surface area contributed by atoms with Gasteiger partial charge in [-0.15, -0.1) is 0 Å². The molecular formula is C21H16INO. The average Bonchev–Trinajstić information content (AvgIpc) is 2.65. The van der Waals surface area contributed by atoms with Crippen LogP contribution in [0.5, 0.6) is 0 Å². The van der Waals surface area contributed by atoms with Gasteiger partial charge in [0.05, 0.1) is 0 Å². The predicted octanol–water partition coefficient (Wildman–Crippen LogP) is 5.63. The second-order valence-electron chi connectivity index (χ2n) is 5.27. The molecule has 0 bridgehead atoms. The number of benzene rings is 3. The number of nitrogens with one attached hydrogen (secondary N) is 1. The quantitative estimate of drug-likeness (QED) is 0.326. The molecule has 3 aromatic rings. The first kappa shape index (κ1) is 16.5. The minimum absolute atomic E-state index is 0.000174. The predicted molar refractivity (Wildman–Crippen MR) is 108 cm³/mol. The van der Waals surface area contributed by atoms with E-state index in [-0.39, 0.29) is 5.78 Å². The van der Waals surface area contributed by atoms with Crippen LogP contribution in [0.1, 0.15) is 15.9 Å². The fourth-order valence-corrected chi connectivity index (χ4v) is 2.70. The number of halogens is 1. The number of carbonyl (C=O) groups excluding carboxylic acids is 1. The van der Waals surface area contributed by atoms with Gasteiger partial charge in [0.15, 0.2) is 5.78 Å². The van der Waals surface area contributed by atoms with Crippen molar-refractivity contribution in [2.45, 2.75) is 0 Å². The van der Waals surface area contributed by atoms with Gasteiger partial charge in [-0.2, -0.15) is 0 Å². The normalized spacial score (nSPS) is 11.1. The van der Waals surface area contributed by atoms with Gasteiger partial charge in [0.1, 0.15) is 0 Å². The first-order valence-electron chi connectivity index (χ1n) is 7.61. The summed E-state index contributed by atoms with van der Waals surface area (Å²) in [6.45, 7) is 0. The Hall–Kier alpha value is -2.40. The first-order valence-corrected chi connectivity index (χ1v) is 8.69. The molecule has 2 nitrogen and oxygen atoms in total. The topological polar surface area (TPSA) is 29.1 Å². The zero-order chi connectivity index (χ0) is 16.8. The summed E-state index contributed by atoms with van der Waals surface area (Å²) in [6, 6.07) is 27.1. The molecule has 0 spiro atoms. The van der Waals surface area contributed by atoms with E-state index < -0.39 is 0 Å². The molecule has 0 amide bonds. The standard InChI is InChI=1S/C21H16INO/c22-18-11-13-19(14-12-18)23-15-20(16-7-3-1-4-8-16)21(24)17-9-5-2-6-10-17/h1-15,23H/b20-15-. The van der Waals surface area contributed by atoms with Crippen molar-refractivity contribution in [1.29, 1.82) is 0 Å². The lowest BCUT2D eigenvalue weighted by atomic mass is 9.97.